The van der Waals surface area contributed by atoms with Crippen LogP contribution in [0.2, 0.25) is 0 Å². The maximum absolute atomic E-state index is 2.73. The first-order valence-corrected chi connectivity index (χ1v) is 13.9. The van der Waals surface area contributed by atoms with Crippen molar-refractivity contribution in [2.75, 3.05) is 0 Å². The van der Waals surface area contributed by atoms with Crippen LogP contribution < -0.4 is 0 Å². The molecule has 0 aromatic rings. The van der Waals surface area contributed by atoms with Crippen LogP contribution in [-0.2, 0) is 0 Å². The summed E-state index contributed by atoms with van der Waals surface area (Å²) >= 11 is 0. The molecular weight excluding hydrogens is 360 g/mol. The topological polar surface area (TPSA) is 0 Å². The van der Waals surface area contributed by atoms with Gasteiger partial charge in [-0.05, 0) is 109 Å². The maximum Gasteiger partial charge on any atom is -0.0262 e. The van der Waals surface area contributed by atoms with E-state index >= 15 is 0 Å². The summed E-state index contributed by atoms with van der Waals surface area (Å²) in [6.07, 6.45) is 17.9. The molecule has 4 aliphatic rings. The molecule has 0 spiro atoms. The van der Waals surface area contributed by atoms with Crippen LogP contribution in [0, 0.1) is 57.2 Å². The van der Waals surface area contributed by atoms with Gasteiger partial charge in [-0.25, -0.2) is 0 Å². The highest BCUT2D eigenvalue weighted by Gasteiger charge is 2.56. The third-order valence-electron chi connectivity index (χ3n) is 12.2. The minimum atomic E-state index is 0.563. The molecule has 0 bridgehead atoms. The highest BCUT2D eigenvalue weighted by atomic mass is 14.6. The van der Waals surface area contributed by atoms with E-state index in [4.69, 9.17) is 0 Å². The van der Waals surface area contributed by atoms with Gasteiger partial charge in [0.1, 0.15) is 0 Å². The number of hydrogen-bond acceptors (Lipinski definition) is 0. The molecule has 0 heteroatoms. The van der Waals surface area contributed by atoms with Gasteiger partial charge in [0.25, 0.3) is 0 Å². The summed E-state index contributed by atoms with van der Waals surface area (Å²) in [4.78, 5) is 0. The van der Waals surface area contributed by atoms with Crippen molar-refractivity contribution in [3.05, 3.63) is 0 Å². The Hall–Kier alpha value is 0. The first-order valence-electron chi connectivity index (χ1n) is 13.9. The highest BCUT2D eigenvalue weighted by molar-refractivity contribution is 5.05. The van der Waals surface area contributed by atoms with E-state index in [9.17, 15) is 0 Å². The molecule has 4 aliphatic carbocycles. The average molecular weight is 415 g/mol. The molecule has 0 unspecified atom stereocenters. The van der Waals surface area contributed by atoms with E-state index in [1.807, 2.05) is 0 Å². The second kappa shape index (κ2) is 7.80. The van der Waals surface area contributed by atoms with Crippen LogP contribution in [0.25, 0.3) is 0 Å². The van der Waals surface area contributed by atoms with E-state index in [-0.39, 0.29) is 0 Å². The van der Waals surface area contributed by atoms with E-state index in [1.54, 1.807) is 0 Å². The van der Waals surface area contributed by atoms with Crippen LogP contribution in [-0.4, -0.2) is 0 Å². The monoisotopic (exact) mass is 414 g/mol. The third kappa shape index (κ3) is 3.63. The Morgan fingerprint density at radius 3 is 1.27 bits per heavy atom. The Morgan fingerprint density at radius 1 is 0.533 bits per heavy atom. The van der Waals surface area contributed by atoms with E-state index in [1.165, 1.54) is 77.0 Å². The average Bonchev–Trinajstić information content (AvgIpc) is 2.61. The highest BCUT2D eigenvalue weighted by Crippen LogP contribution is 2.65. The van der Waals surface area contributed by atoms with Crippen molar-refractivity contribution in [2.24, 2.45) is 57.2 Å². The molecule has 0 nitrogen and oxygen atoms in total. The van der Waals surface area contributed by atoms with Gasteiger partial charge in [0.2, 0.25) is 0 Å². The van der Waals surface area contributed by atoms with Crippen molar-refractivity contribution < 1.29 is 0 Å². The summed E-state index contributed by atoms with van der Waals surface area (Å²) in [6.45, 7) is 21.1. The van der Waals surface area contributed by atoms with E-state index in [0.717, 1.165) is 35.5 Å². The smallest absolute Gasteiger partial charge is 0.0262 e. The first-order chi connectivity index (χ1) is 13.9. The van der Waals surface area contributed by atoms with E-state index in [2.05, 4.69) is 55.4 Å². The molecule has 0 N–H and O–H groups in total. The minimum absolute atomic E-state index is 0.563. The minimum Gasteiger partial charge on any atom is -0.0622 e. The second-order valence-electron chi connectivity index (χ2n) is 14.7. The van der Waals surface area contributed by atoms with Gasteiger partial charge in [0, 0.05) is 0 Å². The zero-order chi connectivity index (χ0) is 21.9. The lowest BCUT2D eigenvalue weighted by molar-refractivity contribution is -0.116. The Morgan fingerprint density at radius 2 is 0.900 bits per heavy atom. The summed E-state index contributed by atoms with van der Waals surface area (Å²) < 4.78 is 0. The maximum atomic E-state index is 2.73. The SMILES string of the molecule is C[C@@H]1CC[C@H]2C(C)(C)CCC[C@]2(C)[C@H]1CC[C@H]1[C@H](C)CC[C@H]2C(C)(C)CCC[C@]12C. The normalized spacial score (nSPS) is 50.4. The summed E-state index contributed by atoms with van der Waals surface area (Å²) in [5.41, 5.74) is 2.33. The van der Waals surface area contributed by atoms with Crippen LogP contribution >= 0.6 is 0 Å². The van der Waals surface area contributed by atoms with Gasteiger partial charge in [-0.2, -0.15) is 0 Å². The molecule has 4 saturated carbocycles. The second-order valence-corrected chi connectivity index (χ2v) is 14.7. The lowest BCUT2D eigenvalue weighted by atomic mass is 9.44. The molecule has 0 radical (unpaired) electrons. The van der Waals surface area contributed by atoms with Crippen molar-refractivity contribution in [1.82, 2.24) is 0 Å². The molecule has 0 amide bonds. The largest absolute Gasteiger partial charge is 0.0622 e. The summed E-state index contributed by atoms with van der Waals surface area (Å²) in [6, 6.07) is 0. The van der Waals surface area contributed by atoms with Gasteiger partial charge in [0.05, 0.1) is 0 Å². The molecule has 0 aromatic carbocycles. The van der Waals surface area contributed by atoms with Crippen molar-refractivity contribution in [1.29, 1.82) is 0 Å². The predicted molar refractivity (Wildman–Crippen MR) is 131 cm³/mol. The Labute approximate surface area is 189 Å². The molecule has 0 heterocycles. The number of hydrogen-bond donors (Lipinski definition) is 0. The fraction of sp³-hybridized carbons (Fsp3) is 1.00. The quantitative estimate of drug-likeness (QED) is 0.431. The molecular formula is C30H54. The fourth-order valence-electron chi connectivity index (χ4n) is 10.8. The molecule has 0 aliphatic heterocycles. The zero-order valence-corrected chi connectivity index (χ0v) is 21.9. The van der Waals surface area contributed by atoms with Crippen LogP contribution in [0.1, 0.15) is 132 Å². The summed E-state index contributed by atoms with van der Waals surface area (Å²) in [5.74, 6) is 5.71. The van der Waals surface area contributed by atoms with Gasteiger partial charge in [-0.1, -0.05) is 81.1 Å². The number of rotatable bonds is 3. The Bertz CT molecular complexity index is 560. The Kier molecular flexibility index (Phi) is 6.02. The van der Waals surface area contributed by atoms with Gasteiger partial charge >= 0.3 is 0 Å². The van der Waals surface area contributed by atoms with Gasteiger partial charge in [-0.15, -0.1) is 0 Å². The van der Waals surface area contributed by atoms with Crippen LogP contribution in [0.5, 0.6) is 0 Å². The predicted octanol–water partition coefficient (Wildman–Crippen LogP) is 9.52. The summed E-state index contributed by atoms with van der Waals surface area (Å²) in [7, 11) is 0. The standard InChI is InChI=1S/C30H54/c1-21-11-15-25-27(3,4)17-9-19-29(25,7)23(21)13-14-24-22(2)12-16-26-28(5,6)18-10-20-30(24,26)8/h21-26H,9-20H2,1-8H3/t21-,22-,23+,24+,25+,26+,29-,30-/m1/s1. The van der Waals surface area contributed by atoms with E-state index in [0.29, 0.717) is 21.7 Å². The zero-order valence-electron chi connectivity index (χ0n) is 21.9. The van der Waals surface area contributed by atoms with Crippen LogP contribution in [0.4, 0.5) is 0 Å². The fourth-order valence-corrected chi connectivity index (χ4v) is 10.8. The van der Waals surface area contributed by atoms with Crippen LogP contribution in [0.15, 0.2) is 0 Å². The Balaban J connectivity index is 1.55. The van der Waals surface area contributed by atoms with Crippen molar-refractivity contribution in [2.45, 2.75) is 132 Å². The molecule has 174 valence electrons. The molecule has 4 fully saturated rings. The molecule has 0 saturated heterocycles. The van der Waals surface area contributed by atoms with Crippen molar-refractivity contribution in [3.8, 4) is 0 Å². The van der Waals surface area contributed by atoms with Crippen molar-refractivity contribution in [3.63, 3.8) is 0 Å². The first kappa shape index (κ1) is 23.2. The molecule has 30 heavy (non-hydrogen) atoms. The van der Waals surface area contributed by atoms with E-state index < -0.39 is 0 Å². The van der Waals surface area contributed by atoms with Gasteiger partial charge < -0.3 is 0 Å². The van der Waals surface area contributed by atoms with Crippen molar-refractivity contribution >= 4 is 0 Å². The van der Waals surface area contributed by atoms with Gasteiger partial charge in [0.15, 0.2) is 0 Å². The lowest BCUT2D eigenvalue weighted by Gasteiger charge is -2.61. The van der Waals surface area contributed by atoms with Crippen LogP contribution in [0.3, 0.4) is 0 Å². The molecule has 4 rings (SSSR count). The third-order valence-corrected chi connectivity index (χ3v) is 12.2. The lowest BCUT2D eigenvalue weighted by Crippen LogP contribution is -2.53. The van der Waals surface area contributed by atoms with Gasteiger partial charge in [-0.3, -0.25) is 0 Å². The number of fused-ring (bicyclic) bond motifs is 2. The molecule has 8 atom stereocenters. The summed E-state index contributed by atoms with van der Waals surface area (Å²) in [5, 5.41) is 0. The molecule has 0 aromatic heterocycles.